The van der Waals surface area contributed by atoms with E-state index in [-0.39, 0.29) is 0 Å². The number of aryl methyl sites for hydroxylation is 1. The Bertz CT molecular complexity index is 1440. The number of piperazine rings is 1. The van der Waals surface area contributed by atoms with Gasteiger partial charge in [-0.25, -0.2) is 15.0 Å². The topological polar surface area (TPSA) is 112 Å². The second-order valence-corrected chi connectivity index (χ2v) is 8.59. The summed E-state index contributed by atoms with van der Waals surface area (Å²) >= 11 is 0. The number of anilines is 3. The number of hydrogen-bond donors (Lipinski definition) is 2. The summed E-state index contributed by atoms with van der Waals surface area (Å²) < 4.78 is 5.27. The van der Waals surface area contributed by atoms with Gasteiger partial charge in [0.25, 0.3) is 5.89 Å². The Morgan fingerprint density at radius 3 is 2.69 bits per heavy atom. The first-order chi connectivity index (χ1) is 17.2. The zero-order valence-corrected chi connectivity index (χ0v) is 19.3. The smallest absolute Gasteiger partial charge is 0.257 e. The SMILES string of the molecule is Cc1noc(-c2ccc3nc(Nc4cc(CN5CCN(c6ccccn6)CC5)ccn4)[nH]c3c2)n1. The van der Waals surface area contributed by atoms with Crippen LogP contribution >= 0.6 is 0 Å². The molecule has 10 heteroatoms. The maximum atomic E-state index is 5.27. The number of H-pyrrole nitrogens is 1. The lowest BCUT2D eigenvalue weighted by Gasteiger charge is -2.35. The molecule has 1 fully saturated rings. The number of aromatic nitrogens is 6. The van der Waals surface area contributed by atoms with Crippen LogP contribution in [-0.2, 0) is 6.54 Å². The number of aromatic amines is 1. The summed E-state index contributed by atoms with van der Waals surface area (Å²) in [5.41, 5.74) is 3.77. The van der Waals surface area contributed by atoms with Crippen molar-refractivity contribution in [3.8, 4) is 11.5 Å². The highest BCUT2D eigenvalue weighted by Gasteiger charge is 2.18. The Kier molecular flexibility index (Phi) is 5.55. The molecule has 35 heavy (non-hydrogen) atoms. The Hall–Kier alpha value is -4.31. The van der Waals surface area contributed by atoms with Crippen molar-refractivity contribution in [2.75, 3.05) is 36.4 Å². The van der Waals surface area contributed by atoms with Gasteiger partial charge in [-0.05, 0) is 55.0 Å². The maximum absolute atomic E-state index is 5.27. The van der Waals surface area contributed by atoms with Crippen molar-refractivity contribution in [1.29, 1.82) is 0 Å². The number of imidazole rings is 1. The van der Waals surface area contributed by atoms with Crippen LogP contribution in [-0.4, -0.2) is 61.2 Å². The molecule has 5 heterocycles. The summed E-state index contributed by atoms with van der Waals surface area (Å²) in [6, 6.07) is 16.0. The number of hydrogen-bond acceptors (Lipinski definition) is 9. The molecule has 0 aliphatic carbocycles. The maximum Gasteiger partial charge on any atom is 0.257 e. The van der Waals surface area contributed by atoms with Crippen LogP contribution in [0.4, 0.5) is 17.6 Å². The molecule has 6 rings (SSSR count). The zero-order valence-electron chi connectivity index (χ0n) is 19.3. The molecule has 0 radical (unpaired) electrons. The fourth-order valence-electron chi connectivity index (χ4n) is 4.31. The lowest BCUT2D eigenvalue weighted by Crippen LogP contribution is -2.46. The van der Waals surface area contributed by atoms with Gasteiger partial charge in [0.1, 0.15) is 11.6 Å². The van der Waals surface area contributed by atoms with Crippen molar-refractivity contribution in [3.05, 3.63) is 72.3 Å². The van der Waals surface area contributed by atoms with Crippen molar-refractivity contribution >= 4 is 28.6 Å². The Morgan fingerprint density at radius 1 is 0.971 bits per heavy atom. The van der Waals surface area contributed by atoms with Gasteiger partial charge in [-0.15, -0.1) is 0 Å². The highest BCUT2D eigenvalue weighted by molar-refractivity contribution is 5.82. The molecule has 1 saturated heterocycles. The zero-order chi connectivity index (χ0) is 23.6. The van der Waals surface area contributed by atoms with Gasteiger partial charge in [-0.1, -0.05) is 11.2 Å². The van der Waals surface area contributed by atoms with Crippen LogP contribution in [0.15, 0.2) is 65.4 Å². The van der Waals surface area contributed by atoms with E-state index in [1.165, 1.54) is 5.56 Å². The van der Waals surface area contributed by atoms with Gasteiger partial charge < -0.3 is 19.7 Å². The normalized spacial score (nSPS) is 14.5. The number of rotatable bonds is 6. The highest BCUT2D eigenvalue weighted by Crippen LogP contribution is 2.24. The molecule has 0 unspecified atom stereocenters. The van der Waals surface area contributed by atoms with Crippen LogP contribution in [0, 0.1) is 6.92 Å². The average molecular weight is 468 g/mol. The number of nitrogens with one attached hydrogen (secondary N) is 2. The Morgan fingerprint density at radius 2 is 1.89 bits per heavy atom. The molecular formula is C25H25N9O. The van der Waals surface area contributed by atoms with E-state index in [0.29, 0.717) is 17.7 Å². The summed E-state index contributed by atoms with van der Waals surface area (Å²) in [6.07, 6.45) is 3.68. The molecule has 176 valence electrons. The third-order valence-corrected chi connectivity index (χ3v) is 6.08. The number of pyridine rings is 2. The van der Waals surface area contributed by atoms with Gasteiger partial charge in [0.2, 0.25) is 5.95 Å². The van der Waals surface area contributed by atoms with Crippen LogP contribution in [0.5, 0.6) is 0 Å². The molecule has 0 atom stereocenters. The van der Waals surface area contributed by atoms with E-state index in [1.54, 1.807) is 6.92 Å². The van der Waals surface area contributed by atoms with Crippen LogP contribution in [0.3, 0.4) is 0 Å². The molecule has 1 aromatic carbocycles. The predicted molar refractivity (Wildman–Crippen MR) is 133 cm³/mol. The molecule has 0 saturated carbocycles. The van der Waals surface area contributed by atoms with Gasteiger partial charge in [-0.2, -0.15) is 4.98 Å². The summed E-state index contributed by atoms with van der Waals surface area (Å²) in [5, 5.41) is 7.16. The van der Waals surface area contributed by atoms with E-state index < -0.39 is 0 Å². The molecule has 10 nitrogen and oxygen atoms in total. The molecule has 1 aliphatic rings. The summed E-state index contributed by atoms with van der Waals surface area (Å²) in [6.45, 7) is 6.60. The van der Waals surface area contributed by atoms with E-state index >= 15 is 0 Å². The minimum absolute atomic E-state index is 0.490. The van der Waals surface area contributed by atoms with Crippen LogP contribution < -0.4 is 10.2 Å². The van der Waals surface area contributed by atoms with Crippen LogP contribution in [0.2, 0.25) is 0 Å². The highest BCUT2D eigenvalue weighted by atomic mass is 16.5. The van der Waals surface area contributed by atoms with Gasteiger partial charge in [0, 0.05) is 50.7 Å². The lowest BCUT2D eigenvalue weighted by atomic mass is 10.2. The van der Waals surface area contributed by atoms with E-state index in [0.717, 1.165) is 61.0 Å². The molecule has 5 aromatic rings. The number of fused-ring (bicyclic) bond motifs is 1. The van der Waals surface area contributed by atoms with Crippen molar-refractivity contribution in [2.45, 2.75) is 13.5 Å². The van der Waals surface area contributed by atoms with Gasteiger partial charge >= 0.3 is 0 Å². The Labute approximate surface area is 202 Å². The summed E-state index contributed by atoms with van der Waals surface area (Å²) in [7, 11) is 0. The lowest BCUT2D eigenvalue weighted by molar-refractivity contribution is 0.249. The van der Waals surface area contributed by atoms with E-state index in [1.807, 2.05) is 42.7 Å². The molecule has 2 N–H and O–H groups in total. The van der Waals surface area contributed by atoms with Crippen molar-refractivity contribution in [2.24, 2.45) is 0 Å². The quantitative estimate of drug-likeness (QED) is 0.385. The molecular weight excluding hydrogens is 442 g/mol. The van der Waals surface area contributed by atoms with Crippen LogP contribution in [0.1, 0.15) is 11.4 Å². The first-order valence-corrected chi connectivity index (χ1v) is 11.6. The monoisotopic (exact) mass is 467 g/mol. The molecule has 4 aromatic heterocycles. The minimum Gasteiger partial charge on any atom is -0.354 e. The van der Waals surface area contributed by atoms with E-state index in [2.05, 4.69) is 63.4 Å². The summed E-state index contributed by atoms with van der Waals surface area (Å²) in [4.78, 5) is 26.0. The second-order valence-electron chi connectivity index (χ2n) is 8.59. The summed E-state index contributed by atoms with van der Waals surface area (Å²) in [5.74, 6) is 3.53. The van der Waals surface area contributed by atoms with E-state index in [4.69, 9.17) is 4.52 Å². The average Bonchev–Trinajstić information content (AvgIpc) is 3.50. The minimum atomic E-state index is 0.490. The van der Waals surface area contributed by atoms with Crippen molar-refractivity contribution in [1.82, 2.24) is 35.0 Å². The van der Waals surface area contributed by atoms with Gasteiger partial charge in [-0.3, -0.25) is 4.90 Å². The van der Waals surface area contributed by atoms with Crippen molar-refractivity contribution in [3.63, 3.8) is 0 Å². The predicted octanol–water partition coefficient (Wildman–Crippen LogP) is 3.78. The fraction of sp³-hybridized carbons (Fsp3) is 0.240. The number of benzene rings is 1. The molecule has 0 amide bonds. The first kappa shape index (κ1) is 21.2. The largest absolute Gasteiger partial charge is 0.354 e. The standard InChI is InChI=1S/C25H25N9O/c1-17-28-24(35-32-17)19-5-6-20-21(15-19)30-25(29-20)31-22-14-18(7-9-26-22)16-33-10-12-34(13-11-33)23-4-2-3-8-27-23/h2-9,14-15H,10-13,16H2,1H3,(H2,26,29,30,31). The molecule has 0 bridgehead atoms. The van der Waals surface area contributed by atoms with Gasteiger partial charge in [0.15, 0.2) is 5.82 Å². The molecule has 1 aliphatic heterocycles. The van der Waals surface area contributed by atoms with Gasteiger partial charge in [0.05, 0.1) is 11.0 Å². The first-order valence-electron chi connectivity index (χ1n) is 11.6. The second kappa shape index (κ2) is 9.15. The number of nitrogens with zero attached hydrogens (tertiary/aromatic N) is 7. The third kappa shape index (κ3) is 4.69. The van der Waals surface area contributed by atoms with Crippen LogP contribution in [0.25, 0.3) is 22.5 Å². The van der Waals surface area contributed by atoms with Crippen molar-refractivity contribution < 1.29 is 4.52 Å². The molecule has 0 spiro atoms. The van der Waals surface area contributed by atoms with E-state index in [9.17, 15) is 0 Å². The third-order valence-electron chi connectivity index (χ3n) is 6.08. The fourth-order valence-corrected chi connectivity index (χ4v) is 4.31. The Balaban J connectivity index is 1.11.